The summed E-state index contributed by atoms with van der Waals surface area (Å²) in [5, 5.41) is 2.72. The summed E-state index contributed by atoms with van der Waals surface area (Å²) in [6.45, 7) is 1.98. The summed E-state index contributed by atoms with van der Waals surface area (Å²) >= 11 is 3.25. The van der Waals surface area contributed by atoms with Gasteiger partial charge < -0.3 is 5.32 Å². The first-order valence-electron chi connectivity index (χ1n) is 5.70. The standard InChI is InChI=1S/C14H12BrFN2O/c1-9-2-3-10(4-13(9)16)6-18-14(19)11-5-12(15)8-17-7-11/h2-5,7-8H,6H2,1H3,(H,18,19). The molecular formula is C14H12BrFN2O. The van der Waals surface area contributed by atoms with Gasteiger partial charge in [0.1, 0.15) is 5.82 Å². The quantitative estimate of drug-likeness (QED) is 0.942. The third kappa shape index (κ3) is 3.61. The molecule has 0 unspecified atom stereocenters. The summed E-state index contributed by atoms with van der Waals surface area (Å²) in [7, 11) is 0. The SMILES string of the molecule is Cc1ccc(CNC(=O)c2cncc(Br)c2)cc1F. The molecule has 2 rings (SSSR count). The molecule has 1 heterocycles. The van der Waals surface area contributed by atoms with Gasteiger partial charge in [-0.3, -0.25) is 9.78 Å². The Morgan fingerprint density at radius 3 is 2.84 bits per heavy atom. The predicted octanol–water partition coefficient (Wildman–Crippen LogP) is 3.22. The molecule has 1 amide bonds. The smallest absolute Gasteiger partial charge is 0.253 e. The third-order valence-corrected chi connectivity index (χ3v) is 3.09. The van der Waals surface area contributed by atoms with Gasteiger partial charge in [-0.05, 0) is 46.1 Å². The molecule has 5 heteroatoms. The molecule has 0 saturated heterocycles. The molecule has 0 saturated carbocycles. The number of amides is 1. The summed E-state index contributed by atoms with van der Waals surface area (Å²) in [5.41, 5.74) is 1.77. The largest absolute Gasteiger partial charge is 0.348 e. The number of rotatable bonds is 3. The zero-order valence-corrected chi connectivity index (χ0v) is 11.9. The molecule has 0 radical (unpaired) electrons. The lowest BCUT2D eigenvalue weighted by atomic mass is 10.1. The number of aromatic nitrogens is 1. The van der Waals surface area contributed by atoms with E-state index in [0.717, 1.165) is 10.0 Å². The predicted molar refractivity (Wildman–Crippen MR) is 74.2 cm³/mol. The van der Waals surface area contributed by atoms with E-state index in [-0.39, 0.29) is 18.3 Å². The van der Waals surface area contributed by atoms with Crippen molar-refractivity contribution >= 4 is 21.8 Å². The van der Waals surface area contributed by atoms with Crippen molar-refractivity contribution in [2.45, 2.75) is 13.5 Å². The van der Waals surface area contributed by atoms with Crippen molar-refractivity contribution in [3.8, 4) is 0 Å². The van der Waals surface area contributed by atoms with Crippen molar-refractivity contribution in [2.24, 2.45) is 0 Å². The van der Waals surface area contributed by atoms with Crippen LogP contribution < -0.4 is 5.32 Å². The number of nitrogens with zero attached hydrogens (tertiary/aromatic N) is 1. The van der Waals surface area contributed by atoms with Crippen LogP contribution >= 0.6 is 15.9 Å². The van der Waals surface area contributed by atoms with Gasteiger partial charge in [-0.25, -0.2) is 4.39 Å². The van der Waals surface area contributed by atoms with Crippen LogP contribution in [-0.2, 0) is 6.54 Å². The summed E-state index contributed by atoms with van der Waals surface area (Å²) < 4.78 is 14.1. The van der Waals surface area contributed by atoms with Gasteiger partial charge >= 0.3 is 0 Å². The molecule has 0 bridgehead atoms. The first kappa shape index (κ1) is 13.7. The Morgan fingerprint density at radius 1 is 1.37 bits per heavy atom. The van der Waals surface area contributed by atoms with E-state index in [0.29, 0.717) is 11.1 Å². The molecule has 0 aliphatic rings. The van der Waals surface area contributed by atoms with Crippen LogP contribution in [0.25, 0.3) is 0 Å². The first-order chi connectivity index (χ1) is 9.06. The number of nitrogens with one attached hydrogen (secondary N) is 1. The van der Waals surface area contributed by atoms with Crippen molar-refractivity contribution in [1.29, 1.82) is 0 Å². The second-order valence-electron chi connectivity index (χ2n) is 4.16. The molecule has 19 heavy (non-hydrogen) atoms. The number of aryl methyl sites for hydroxylation is 1. The van der Waals surface area contributed by atoms with Crippen LogP contribution in [0, 0.1) is 12.7 Å². The van der Waals surface area contributed by atoms with Gasteiger partial charge in [0.05, 0.1) is 5.56 Å². The Bertz CT molecular complexity index is 616. The number of hydrogen-bond donors (Lipinski definition) is 1. The van der Waals surface area contributed by atoms with Crippen molar-refractivity contribution in [2.75, 3.05) is 0 Å². The molecule has 0 atom stereocenters. The van der Waals surface area contributed by atoms with Gasteiger partial charge in [0.25, 0.3) is 5.91 Å². The number of halogens is 2. The summed E-state index contributed by atoms with van der Waals surface area (Å²) in [4.78, 5) is 15.8. The van der Waals surface area contributed by atoms with Crippen molar-refractivity contribution in [3.05, 3.63) is 63.6 Å². The highest BCUT2D eigenvalue weighted by molar-refractivity contribution is 9.10. The zero-order chi connectivity index (χ0) is 13.8. The van der Waals surface area contributed by atoms with E-state index >= 15 is 0 Å². The maximum absolute atomic E-state index is 13.4. The number of hydrogen-bond acceptors (Lipinski definition) is 2. The van der Waals surface area contributed by atoms with Gasteiger partial charge in [0, 0.05) is 23.4 Å². The average Bonchev–Trinajstić information content (AvgIpc) is 2.40. The minimum Gasteiger partial charge on any atom is -0.348 e. The lowest BCUT2D eigenvalue weighted by molar-refractivity contribution is 0.0950. The molecule has 0 spiro atoms. The Morgan fingerprint density at radius 2 is 2.16 bits per heavy atom. The molecule has 1 aromatic heterocycles. The van der Waals surface area contributed by atoms with Gasteiger partial charge in [0.2, 0.25) is 0 Å². The topological polar surface area (TPSA) is 42.0 Å². The van der Waals surface area contributed by atoms with Crippen LogP contribution in [-0.4, -0.2) is 10.9 Å². The minimum absolute atomic E-state index is 0.241. The zero-order valence-electron chi connectivity index (χ0n) is 10.3. The fourth-order valence-corrected chi connectivity index (χ4v) is 1.93. The van der Waals surface area contributed by atoms with E-state index in [2.05, 4.69) is 26.2 Å². The van der Waals surface area contributed by atoms with Gasteiger partial charge in [-0.15, -0.1) is 0 Å². The molecule has 0 fully saturated rings. The minimum atomic E-state index is -0.268. The van der Waals surface area contributed by atoms with Crippen LogP contribution in [0.15, 0.2) is 41.1 Å². The average molecular weight is 323 g/mol. The van der Waals surface area contributed by atoms with Crippen LogP contribution in [0.2, 0.25) is 0 Å². The van der Waals surface area contributed by atoms with E-state index in [1.54, 1.807) is 31.3 Å². The van der Waals surface area contributed by atoms with Crippen molar-refractivity contribution < 1.29 is 9.18 Å². The number of carbonyl (C=O) groups excluding carboxylic acids is 1. The molecule has 0 aliphatic heterocycles. The molecule has 98 valence electrons. The highest BCUT2D eigenvalue weighted by Crippen LogP contribution is 2.11. The third-order valence-electron chi connectivity index (χ3n) is 2.66. The van der Waals surface area contributed by atoms with Crippen LogP contribution in [0.1, 0.15) is 21.5 Å². The van der Waals surface area contributed by atoms with E-state index in [1.807, 2.05) is 0 Å². The Kier molecular flexibility index (Phi) is 4.27. The normalized spacial score (nSPS) is 10.3. The summed E-state index contributed by atoms with van der Waals surface area (Å²) in [6.07, 6.45) is 3.09. The maximum atomic E-state index is 13.4. The monoisotopic (exact) mass is 322 g/mol. The molecule has 0 aliphatic carbocycles. The lowest BCUT2D eigenvalue weighted by Crippen LogP contribution is -2.23. The highest BCUT2D eigenvalue weighted by atomic mass is 79.9. The van der Waals surface area contributed by atoms with Gasteiger partial charge in [-0.1, -0.05) is 12.1 Å². The Balaban J connectivity index is 2.02. The fourth-order valence-electron chi connectivity index (χ4n) is 1.57. The Hall–Kier alpha value is -1.75. The second kappa shape index (κ2) is 5.93. The molecule has 1 aromatic carbocycles. The van der Waals surface area contributed by atoms with E-state index in [9.17, 15) is 9.18 Å². The molecular weight excluding hydrogens is 311 g/mol. The number of benzene rings is 1. The van der Waals surface area contributed by atoms with Crippen LogP contribution in [0.5, 0.6) is 0 Å². The Labute approximate surface area is 119 Å². The van der Waals surface area contributed by atoms with E-state index in [1.165, 1.54) is 12.3 Å². The van der Waals surface area contributed by atoms with Gasteiger partial charge in [-0.2, -0.15) is 0 Å². The molecule has 2 aromatic rings. The van der Waals surface area contributed by atoms with Gasteiger partial charge in [0.15, 0.2) is 0 Å². The second-order valence-corrected chi connectivity index (χ2v) is 5.07. The summed E-state index contributed by atoms with van der Waals surface area (Å²) in [6, 6.07) is 6.59. The highest BCUT2D eigenvalue weighted by Gasteiger charge is 2.07. The van der Waals surface area contributed by atoms with Crippen LogP contribution in [0.3, 0.4) is 0 Å². The van der Waals surface area contributed by atoms with Crippen LogP contribution in [0.4, 0.5) is 4.39 Å². The van der Waals surface area contributed by atoms with Crippen molar-refractivity contribution in [3.63, 3.8) is 0 Å². The number of pyridine rings is 1. The molecule has 3 nitrogen and oxygen atoms in total. The molecule has 1 N–H and O–H groups in total. The number of carbonyl (C=O) groups is 1. The van der Waals surface area contributed by atoms with E-state index < -0.39 is 0 Å². The lowest BCUT2D eigenvalue weighted by Gasteiger charge is -2.06. The maximum Gasteiger partial charge on any atom is 0.253 e. The first-order valence-corrected chi connectivity index (χ1v) is 6.49. The van der Waals surface area contributed by atoms with E-state index in [4.69, 9.17) is 0 Å². The summed E-state index contributed by atoms with van der Waals surface area (Å²) in [5.74, 6) is -0.509. The van der Waals surface area contributed by atoms with Crippen molar-refractivity contribution in [1.82, 2.24) is 10.3 Å². The fraction of sp³-hybridized carbons (Fsp3) is 0.143.